The molecule has 0 atom stereocenters. The average molecular weight is 520 g/mol. The van der Waals surface area contributed by atoms with E-state index in [1.54, 1.807) is 0 Å². The zero-order valence-electron chi connectivity index (χ0n) is 24.2. The van der Waals surface area contributed by atoms with Crippen LogP contribution in [0, 0.1) is 0 Å². The van der Waals surface area contributed by atoms with Crippen LogP contribution in [0.3, 0.4) is 0 Å². The van der Waals surface area contributed by atoms with Crippen LogP contribution in [0.5, 0.6) is 0 Å². The summed E-state index contributed by atoms with van der Waals surface area (Å²) in [7, 11) is -2.30. The summed E-state index contributed by atoms with van der Waals surface area (Å²) in [6.45, 7) is 12.8. The Labute approximate surface area is 219 Å². The van der Waals surface area contributed by atoms with Gasteiger partial charge < -0.3 is 23.7 Å². The number of nitrogens with two attached hydrogens (primary N) is 1. The van der Waals surface area contributed by atoms with Gasteiger partial charge in [-0.25, -0.2) is 4.79 Å². The summed E-state index contributed by atoms with van der Waals surface area (Å²) in [4.78, 5) is 10.4. The van der Waals surface area contributed by atoms with Crippen LogP contribution in [0.25, 0.3) is 0 Å². The van der Waals surface area contributed by atoms with Crippen LogP contribution in [-0.4, -0.2) is 41.3 Å². The summed E-state index contributed by atoms with van der Waals surface area (Å²) in [5.41, 5.74) is 4.90. The highest BCUT2D eigenvalue weighted by atomic mass is 28.4. The van der Waals surface area contributed by atoms with Crippen molar-refractivity contribution in [2.75, 3.05) is 26.4 Å². The predicted molar refractivity (Wildman–Crippen MR) is 151 cm³/mol. The van der Waals surface area contributed by atoms with Crippen LogP contribution in [-0.2, 0) is 18.0 Å². The lowest BCUT2D eigenvalue weighted by atomic mass is 10.0. The fraction of sp³-hybridized carbons (Fsp3) is 0.964. The van der Waals surface area contributed by atoms with Crippen LogP contribution in [0.15, 0.2) is 0 Å². The highest BCUT2D eigenvalue weighted by molar-refractivity contribution is 6.60. The first kappa shape index (κ1) is 36.5. The summed E-state index contributed by atoms with van der Waals surface area (Å²) in [6.07, 6.45) is 22.0. The molecule has 212 valence electrons. The van der Waals surface area contributed by atoms with E-state index in [9.17, 15) is 4.79 Å². The van der Waals surface area contributed by atoms with Crippen molar-refractivity contribution in [3.8, 4) is 0 Å². The Balaban J connectivity index is 0. The Morgan fingerprint density at radius 2 is 0.886 bits per heavy atom. The molecule has 0 unspecified atom stereocenters. The second-order valence-electron chi connectivity index (χ2n) is 9.20. The maximum atomic E-state index is 10.4. The molecule has 0 bridgehead atoms. The Morgan fingerprint density at radius 1 is 0.543 bits per heavy atom. The van der Waals surface area contributed by atoms with E-state index in [-0.39, 0.29) is 0 Å². The van der Waals surface area contributed by atoms with E-state index < -0.39 is 14.9 Å². The van der Waals surface area contributed by atoms with Crippen LogP contribution < -0.4 is 5.73 Å². The molecule has 0 spiro atoms. The molecule has 0 aliphatic heterocycles. The molecular formula is C28H61NO5Si. The Bertz CT molecular complexity index is 397. The highest BCUT2D eigenvalue weighted by Crippen LogP contribution is 2.17. The van der Waals surface area contributed by atoms with Crippen LogP contribution in [0.4, 0.5) is 4.79 Å². The van der Waals surface area contributed by atoms with Crippen LogP contribution in [0.2, 0.25) is 6.04 Å². The molecule has 0 aliphatic rings. The number of carbonyl (C=O) groups is 1. The van der Waals surface area contributed by atoms with E-state index in [0.717, 1.165) is 25.3 Å². The molecule has 0 aromatic rings. The summed E-state index contributed by atoms with van der Waals surface area (Å²) >= 11 is 0. The first-order valence-electron chi connectivity index (χ1n) is 14.9. The molecule has 0 radical (unpaired) electrons. The number of unbranched alkanes of at least 4 members (excludes halogenated alkanes) is 15. The Hall–Kier alpha value is -0.633. The van der Waals surface area contributed by atoms with Crippen molar-refractivity contribution in [2.24, 2.45) is 5.73 Å². The standard InChI is InChI=1S/C19H39NO2.C9H22O3Si/c1-2-3-4-5-6-7-8-9-10-11-12-13-14-15-16-17-18-22-19(20)21;1-5-9-13(10-6-2,11-7-3)12-8-4/h2-18H2,1H3,(H2,20,21);5-9H2,1-4H3. The van der Waals surface area contributed by atoms with E-state index in [0.29, 0.717) is 26.4 Å². The van der Waals surface area contributed by atoms with Crippen molar-refractivity contribution in [3.05, 3.63) is 0 Å². The van der Waals surface area contributed by atoms with Crippen molar-refractivity contribution in [2.45, 2.75) is 150 Å². The molecule has 7 heteroatoms. The predicted octanol–water partition coefficient (Wildman–Crippen LogP) is 8.79. The monoisotopic (exact) mass is 519 g/mol. The molecule has 0 aliphatic carbocycles. The minimum absolute atomic E-state index is 0.480. The fourth-order valence-corrected chi connectivity index (χ4v) is 6.75. The maximum Gasteiger partial charge on any atom is 0.500 e. The van der Waals surface area contributed by atoms with Gasteiger partial charge in [0.15, 0.2) is 0 Å². The number of primary amides is 1. The normalized spacial score (nSPS) is 11.2. The van der Waals surface area contributed by atoms with Gasteiger partial charge in [0.25, 0.3) is 0 Å². The fourth-order valence-electron chi connectivity index (χ4n) is 4.13. The SMILES string of the molecule is CCCCCCCCCCCCCCCCCCOC(N)=O.CCC[Si](OCC)(OCC)OCC. The second-order valence-corrected chi connectivity index (χ2v) is 11.9. The zero-order chi connectivity index (χ0) is 26.5. The summed E-state index contributed by atoms with van der Waals surface area (Å²) in [6, 6.07) is 0.919. The molecular weight excluding hydrogens is 458 g/mol. The van der Waals surface area contributed by atoms with Gasteiger partial charge in [-0.2, -0.15) is 0 Å². The number of hydrogen-bond acceptors (Lipinski definition) is 5. The Kier molecular flexibility index (Phi) is 30.9. The summed E-state index contributed by atoms with van der Waals surface area (Å²) in [5, 5.41) is 0. The molecule has 0 fully saturated rings. The van der Waals surface area contributed by atoms with Crippen LogP contribution in [0.1, 0.15) is 144 Å². The van der Waals surface area contributed by atoms with Gasteiger partial charge in [0.1, 0.15) is 0 Å². The second kappa shape index (κ2) is 29.6. The van der Waals surface area contributed by atoms with E-state index >= 15 is 0 Å². The van der Waals surface area contributed by atoms with Gasteiger partial charge in [-0.05, 0) is 27.2 Å². The third kappa shape index (κ3) is 27.8. The average Bonchev–Trinajstić information content (AvgIpc) is 2.82. The quantitative estimate of drug-likeness (QED) is 0.0962. The third-order valence-electron chi connectivity index (χ3n) is 5.89. The van der Waals surface area contributed by atoms with E-state index in [4.69, 9.17) is 23.7 Å². The van der Waals surface area contributed by atoms with Gasteiger partial charge in [0.2, 0.25) is 0 Å². The molecule has 0 aromatic heterocycles. The van der Waals surface area contributed by atoms with Crippen molar-refractivity contribution >= 4 is 14.9 Å². The minimum Gasteiger partial charge on any atom is -0.450 e. The summed E-state index contributed by atoms with van der Waals surface area (Å²) in [5.74, 6) is 0. The Morgan fingerprint density at radius 3 is 1.17 bits per heavy atom. The molecule has 2 N–H and O–H groups in total. The van der Waals surface area contributed by atoms with E-state index in [1.165, 1.54) is 89.9 Å². The summed E-state index contributed by atoms with van der Waals surface area (Å²) < 4.78 is 21.6. The largest absolute Gasteiger partial charge is 0.500 e. The third-order valence-corrected chi connectivity index (χ3v) is 9.19. The lowest BCUT2D eigenvalue weighted by molar-refractivity contribution is 0.0711. The molecule has 0 aromatic carbocycles. The van der Waals surface area contributed by atoms with Crippen molar-refractivity contribution in [1.82, 2.24) is 0 Å². The minimum atomic E-state index is -2.30. The topological polar surface area (TPSA) is 80.0 Å². The van der Waals surface area contributed by atoms with Gasteiger partial charge in [-0.1, -0.05) is 117 Å². The van der Waals surface area contributed by atoms with Gasteiger partial charge in [-0.3, -0.25) is 0 Å². The smallest absolute Gasteiger partial charge is 0.450 e. The van der Waals surface area contributed by atoms with E-state index in [2.05, 4.69) is 13.8 Å². The number of carbonyl (C=O) groups excluding carboxylic acids is 1. The van der Waals surface area contributed by atoms with Gasteiger partial charge in [0, 0.05) is 25.9 Å². The van der Waals surface area contributed by atoms with Crippen molar-refractivity contribution < 1.29 is 22.8 Å². The molecule has 35 heavy (non-hydrogen) atoms. The lowest BCUT2D eigenvalue weighted by Crippen LogP contribution is -2.45. The zero-order valence-corrected chi connectivity index (χ0v) is 25.2. The van der Waals surface area contributed by atoms with Crippen molar-refractivity contribution in [3.63, 3.8) is 0 Å². The molecule has 0 saturated carbocycles. The lowest BCUT2D eigenvalue weighted by Gasteiger charge is -2.27. The number of ether oxygens (including phenoxy) is 1. The highest BCUT2D eigenvalue weighted by Gasteiger charge is 2.38. The van der Waals surface area contributed by atoms with Gasteiger partial charge in [-0.15, -0.1) is 0 Å². The molecule has 0 saturated heterocycles. The number of rotatable bonds is 25. The number of amides is 1. The molecule has 0 heterocycles. The maximum absolute atomic E-state index is 10.4. The molecule has 6 nitrogen and oxygen atoms in total. The van der Waals surface area contributed by atoms with Gasteiger partial charge in [0.05, 0.1) is 6.61 Å². The van der Waals surface area contributed by atoms with E-state index in [1.807, 2.05) is 20.8 Å². The molecule has 1 amide bonds. The van der Waals surface area contributed by atoms with Crippen molar-refractivity contribution in [1.29, 1.82) is 0 Å². The molecule has 0 rings (SSSR count). The first-order chi connectivity index (χ1) is 17.0. The van der Waals surface area contributed by atoms with Crippen LogP contribution >= 0.6 is 0 Å². The number of hydrogen-bond donors (Lipinski definition) is 1. The first-order valence-corrected chi connectivity index (χ1v) is 16.8. The van der Waals surface area contributed by atoms with Gasteiger partial charge >= 0.3 is 14.9 Å².